The highest BCUT2D eigenvalue weighted by molar-refractivity contribution is 7.88. The normalized spacial score (nSPS) is 12.4. The van der Waals surface area contributed by atoms with Crippen LogP contribution in [0.2, 0.25) is 0 Å². The molecule has 0 aliphatic heterocycles. The van der Waals surface area contributed by atoms with Crippen molar-refractivity contribution in [3.8, 4) is 27.6 Å². The molecule has 0 unspecified atom stereocenters. The Kier molecular flexibility index (Phi) is 6.94. The Labute approximate surface area is 192 Å². The molecule has 182 valence electrons. The average Bonchev–Trinajstić information content (AvgIpc) is 3.16. The van der Waals surface area contributed by atoms with Crippen molar-refractivity contribution in [3.63, 3.8) is 0 Å². The third-order valence-electron chi connectivity index (χ3n) is 4.18. The maximum absolute atomic E-state index is 13.4. The maximum Gasteiger partial charge on any atom is 0.534 e. The zero-order valence-electron chi connectivity index (χ0n) is 16.9. The monoisotopic (exact) mass is 525 g/mol. The van der Waals surface area contributed by atoms with E-state index in [4.69, 9.17) is 4.74 Å². The van der Waals surface area contributed by atoms with Crippen molar-refractivity contribution in [2.45, 2.75) is 18.6 Å². The predicted molar refractivity (Wildman–Crippen MR) is 110 cm³/mol. The lowest BCUT2D eigenvalue weighted by Crippen LogP contribution is -2.28. The van der Waals surface area contributed by atoms with Crippen LogP contribution >= 0.6 is 11.3 Å². The van der Waals surface area contributed by atoms with Crippen LogP contribution in [0.3, 0.4) is 0 Å². The summed E-state index contributed by atoms with van der Waals surface area (Å²) in [5, 5.41) is -0.179. The molecular weight excluding hydrogens is 512 g/mol. The molecule has 3 aromatic rings. The quantitative estimate of drug-likeness (QED) is 0.173. The zero-order valence-corrected chi connectivity index (χ0v) is 18.5. The van der Waals surface area contributed by atoms with Gasteiger partial charge < -0.3 is 8.92 Å². The van der Waals surface area contributed by atoms with Crippen LogP contribution in [-0.2, 0) is 21.0 Å². The lowest BCUT2D eigenvalue weighted by Gasteiger charge is -2.13. The number of benzene rings is 2. The number of rotatable bonds is 6. The lowest BCUT2D eigenvalue weighted by atomic mass is 9.98. The topological polar surface area (TPSA) is 82.6 Å². The van der Waals surface area contributed by atoms with Crippen LogP contribution in [-0.4, -0.2) is 31.5 Å². The number of carbonyl (C=O) groups excluding carboxylic acids is 1. The third kappa shape index (κ3) is 5.33. The highest BCUT2D eigenvalue weighted by Gasteiger charge is 2.49. The van der Waals surface area contributed by atoms with Crippen LogP contribution in [0.15, 0.2) is 48.5 Å². The van der Waals surface area contributed by atoms with Crippen LogP contribution < -0.4 is 4.18 Å². The molecule has 0 saturated heterocycles. The molecule has 0 atom stereocenters. The van der Waals surface area contributed by atoms with E-state index >= 15 is 0 Å². The second kappa shape index (κ2) is 9.25. The summed E-state index contributed by atoms with van der Waals surface area (Å²) in [5.74, 6) is -2.34. The van der Waals surface area contributed by atoms with Crippen molar-refractivity contribution < 1.29 is 48.5 Å². The van der Waals surface area contributed by atoms with E-state index < -0.39 is 44.1 Å². The van der Waals surface area contributed by atoms with Crippen LogP contribution in [0.4, 0.5) is 26.3 Å². The third-order valence-corrected chi connectivity index (χ3v) is 6.19. The highest BCUT2D eigenvalue weighted by atomic mass is 32.2. The van der Waals surface area contributed by atoms with E-state index in [-0.39, 0.29) is 28.3 Å². The predicted octanol–water partition coefficient (Wildman–Crippen LogP) is 5.90. The fraction of sp³-hybridized carbons (Fsp3) is 0.200. The number of aromatic nitrogens is 1. The molecule has 0 radical (unpaired) electrons. The average molecular weight is 525 g/mol. The number of esters is 1. The molecule has 3 rings (SSSR count). The van der Waals surface area contributed by atoms with Crippen LogP contribution in [0.25, 0.3) is 21.7 Å². The molecule has 0 aliphatic carbocycles. The first kappa shape index (κ1) is 25.5. The molecule has 34 heavy (non-hydrogen) atoms. The Hall–Kier alpha value is -3.13. The minimum absolute atomic E-state index is 0.101. The maximum atomic E-state index is 13.4. The Morgan fingerprint density at radius 2 is 1.65 bits per heavy atom. The minimum Gasteiger partial charge on any atom is -0.462 e. The molecule has 0 saturated carbocycles. The molecular formula is C20H13F6NO5S2. The van der Waals surface area contributed by atoms with Crippen molar-refractivity contribution in [1.29, 1.82) is 0 Å². The minimum atomic E-state index is -6.15. The summed E-state index contributed by atoms with van der Waals surface area (Å²) in [6, 6.07) is 10.1. The van der Waals surface area contributed by atoms with Crippen molar-refractivity contribution in [2.24, 2.45) is 0 Å². The number of thiazole rings is 1. The lowest BCUT2D eigenvalue weighted by molar-refractivity contribution is -0.137. The van der Waals surface area contributed by atoms with Gasteiger partial charge in [0.25, 0.3) is 5.88 Å². The Morgan fingerprint density at radius 1 is 1.00 bits per heavy atom. The van der Waals surface area contributed by atoms with E-state index in [1.807, 2.05) is 0 Å². The fourth-order valence-corrected chi connectivity index (χ4v) is 4.12. The van der Waals surface area contributed by atoms with Gasteiger partial charge >= 0.3 is 27.8 Å². The van der Waals surface area contributed by atoms with E-state index in [0.717, 1.165) is 6.07 Å². The van der Waals surface area contributed by atoms with Gasteiger partial charge in [0, 0.05) is 5.56 Å². The molecule has 0 fully saturated rings. The van der Waals surface area contributed by atoms with Gasteiger partial charge in [0.05, 0.1) is 12.2 Å². The number of nitrogens with zero attached hydrogens (tertiary/aromatic N) is 1. The van der Waals surface area contributed by atoms with E-state index in [1.54, 1.807) is 0 Å². The first-order chi connectivity index (χ1) is 15.7. The van der Waals surface area contributed by atoms with Gasteiger partial charge in [-0.25, -0.2) is 4.79 Å². The van der Waals surface area contributed by atoms with Crippen molar-refractivity contribution in [3.05, 3.63) is 59.0 Å². The molecule has 14 heteroatoms. The molecule has 0 N–H and O–H groups in total. The Bertz CT molecular complexity index is 1320. The number of alkyl halides is 6. The smallest absolute Gasteiger partial charge is 0.462 e. The molecule has 0 amide bonds. The molecule has 1 aromatic heterocycles. The first-order valence-electron chi connectivity index (χ1n) is 9.20. The number of hydrogen-bond donors (Lipinski definition) is 0. The number of hydrogen-bond acceptors (Lipinski definition) is 7. The van der Waals surface area contributed by atoms with Gasteiger partial charge in [0.2, 0.25) is 0 Å². The molecule has 2 aromatic carbocycles. The van der Waals surface area contributed by atoms with Crippen LogP contribution in [0.5, 0.6) is 5.88 Å². The second-order valence-corrected chi connectivity index (χ2v) is 9.02. The Morgan fingerprint density at radius 3 is 2.26 bits per heavy atom. The van der Waals surface area contributed by atoms with Gasteiger partial charge in [-0.1, -0.05) is 36.4 Å². The van der Waals surface area contributed by atoms with Gasteiger partial charge in [-0.2, -0.15) is 39.7 Å². The molecule has 6 nitrogen and oxygen atoms in total. The van der Waals surface area contributed by atoms with Gasteiger partial charge in [0.1, 0.15) is 5.01 Å². The number of halogens is 6. The first-order valence-corrected chi connectivity index (χ1v) is 11.4. The summed E-state index contributed by atoms with van der Waals surface area (Å²) in [5.41, 5.74) is -6.67. The van der Waals surface area contributed by atoms with E-state index in [9.17, 15) is 39.6 Å². The van der Waals surface area contributed by atoms with Gasteiger partial charge in [-0.05, 0) is 30.2 Å². The summed E-state index contributed by atoms with van der Waals surface area (Å²) >= 11 is 0.461. The van der Waals surface area contributed by atoms with E-state index in [2.05, 4.69) is 9.17 Å². The highest BCUT2D eigenvalue weighted by Crippen LogP contribution is 2.40. The van der Waals surface area contributed by atoms with Crippen LogP contribution in [0.1, 0.15) is 22.2 Å². The summed E-state index contributed by atoms with van der Waals surface area (Å²) < 4.78 is 110. The van der Waals surface area contributed by atoms with Crippen molar-refractivity contribution in [1.82, 2.24) is 4.98 Å². The molecule has 0 spiro atoms. The SMILES string of the molecule is CCOC(=O)c1sc(-c2cccc(-c3ccccc3C(F)(F)F)c2)nc1OS(=O)(=O)C(F)(F)F. The number of ether oxygens (including phenoxy) is 1. The van der Waals surface area contributed by atoms with Gasteiger partial charge in [0.15, 0.2) is 4.88 Å². The molecule has 0 aliphatic rings. The fourth-order valence-electron chi connectivity index (χ4n) is 2.76. The molecule has 0 bridgehead atoms. The van der Waals surface area contributed by atoms with Crippen LogP contribution in [0, 0.1) is 0 Å². The van der Waals surface area contributed by atoms with Gasteiger partial charge in [-0.3, -0.25) is 0 Å². The Balaban J connectivity index is 2.11. The van der Waals surface area contributed by atoms with E-state index in [1.165, 1.54) is 49.4 Å². The summed E-state index contributed by atoms with van der Waals surface area (Å²) in [7, 11) is -6.15. The van der Waals surface area contributed by atoms with E-state index in [0.29, 0.717) is 11.3 Å². The standard InChI is InChI=1S/C20H13F6NO5S2/c1-2-31-18(28)15-16(32-34(29,30)20(24,25)26)27-17(33-15)12-7-5-6-11(10-12)13-8-3-4-9-14(13)19(21,22)23/h3-10H,2H2,1H3. The van der Waals surface area contributed by atoms with Gasteiger partial charge in [-0.15, -0.1) is 11.3 Å². The molecule has 1 heterocycles. The summed E-state index contributed by atoms with van der Waals surface area (Å²) in [6.45, 7) is 1.23. The summed E-state index contributed by atoms with van der Waals surface area (Å²) in [4.78, 5) is 15.2. The number of carbonyl (C=O) groups is 1. The summed E-state index contributed by atoms with van der Waals surface area (Å²) in [6.07, 6.45) is -4.65. The second-order valence-electron chi connectivity index (χ2n) is 6.48. The zero-order chi connectivity index (χ0) is 25.3. The van der Waals surface area contributed by atoms with Crippen molar-refractivity contribution in [2.75, 3.05) is 6.61 Å². The largest absolute Gasteiger partial charge is 0.534 e. The van der Waals surface area contributed by atoms with Crippen molar-refractivity contribution >= 4 is 27.4 Å².